The summed E-state index contributed by atoms with van der Waals surface area (Å²) in [6.45, 7) is 8.95. The SMILES string of the molecule is CCCC(=O)Nc1ccc(CN=C(NCC)NCC(C)(O)c2ccc(C)o2)cc1. The fourth-order valence-corrected chi connectivity index (χ4v) is 2.72. The topological polar surface area (TPSA) is 98.9 Å². The Hall–Kier alpha value is -2.80. The molecule has 4 N–H and O–H groups in total. The summed E-state index contributed by atoms with van der Waals surface area (Å²) >= 11 is 0. The molecule has 7 heteroatoms. The molecule has 1 unspecified atom stereocenters. The van der Waals surface area contributed by atoms with Crippen LogP contribution in [0.3, 0.4) is 0 Å². The van der Waals surface area contributed by atoms with E-state index in [4.69, 9.17) is 4.42 Å². The maximum atomic E-state index is 11.7. The third-order valence-electron chi connectivity index (χ3n) is 4.35. The van der Waals surface area contributed by atoms with E-state index in [0.717, 1.165) is 23.4 Å². The molecule has 0 fully saturated rings. The summed E-state index contributed by atoms with van der Waals surface area (Å²) in [5.74, 6) is 1.90. The van der Waals surface area contributed by atoms with Gasteiger partial charge in [0.15, 0.2) is 5.96 Å². The van der Waals surface area contributed by atoms with Gasteiger partial charge < -0.3 is 25.5 Å². The van der Waals surface area contributed by atoms with Gasteiger partial charge in [0.25, 0.3) is 0 Å². The Balaban J connectivity index is 1.95. The van der Waals surface area contributed by atoms with Gasteiger partial charge in [0, 0.05) is 18.7 Å². The number of aliphatic imine (C=N–C) groups is 1. The molecule has 29 heavy (non-hydrogen) atoms. The molecule has 1 heterocycles. The van der Waals surface area contributed by atoms with Gasteiger partial charge in [0.05, 0.1) is 13.1 Å². The van der Waals surface area contributed by atoms with Crippen molar-refractivity contribution in [2.45, 2.75) is 52.7 Å². The first-order chi connectivity index (χ1) is 13.8. The van der Waals surface area contributed by atoms with Crippen LogP contribution in [0, 0.1) is 6.92 Å². The molecule has 0 bridgehead atoms. The minimum absolute atomic E-state index is 0.0238. The van der Waals surface area contributed by atoms with E-state index in [0.29, 0.717) is 31.2 Å². The molecule has 0 aliphatic heterocycles. The van der Waals surface area contributed by atoms with Gasteiger partial charge in [-0.1, -0.05) is 19.1 Å². The van der Waals surface area contributed by atoms with Crippen LogP contribution >= 0.6 is 0 Å². The molecule has 0 aliphatic rings. The van der Waals surface area contributed by atoms with Crippen molar-refractivity contribution >= 4 is 17.6 Å². The molecule has 0 aliphatic carbocycles. The normalized spacial score (nSPS) is 13.6. The Bertz CT molecular complexity index is 810. The first-order valence-corrected chi connectivity index (χ1v) is 10.0. The summed E-state index contributed by atoms with van der Waals surface area (Å²) in [7, 11) is 0. The smallest absolute Gasteiger partial charge is 0.224 e. The van der Waals surface area contributed by atoms with Crippen molar-refractivity contribution in [3.05, 3.63) is 53.5 Å². The van der Waals surface area contributed by atoms with E-state index >= 15 is 0 Å². The second-order valence-corrected chi connectivity index (χ2v) is 7.23. The first kappa shape index (κ1) is 22.5. The minimum Gasteiger partial charge on any atom is -0.463 e. The summed E-state index contributed by atoms with van der Waals surface area (Å²) in [4.78, 5) is 16.2. The molecular formula is C22H32N4O3. The number of furan rings is 1. The second kappa shape index (κ2) is 10.7. The number of anilines is 1. The lowest BCUT2D eigenvalue weighted by Gasteiger charge is -2.22. The number of nitrogens with one attached hydrogen (secondary N) is 3. The van der Waals surface area contributed by atoms with Crippen molar-refractivity contribution in [1.82, 2.24) is 10.6 Å². The average Bonchev–Trinajstić information content (AvgIpc) is 3.13. The third kappa shape index (κ3) is 7.27. The quantitative estimate of drug-likeness (QED) is 0.382. The summed E-state index contributed by atoms with van der Waals surface area (Å²) in [6, 6.07) is 11.2. The zero-order valence-electron chi connectivity index (χ0n) is 17.7. The van der Waals surface area contributed by atoms with E-state index in [2.05, 4.69) is 20.9 Å². The number of amides is 1. The van der Waals surface area contributed by atoms with E-state index in [1.54, 1.807) is 13.0 Å². The number of nitrogens with zero attached hydrogens (tertiary/aromatic N) is 1. The van der Waals surface area contributed by atoms with E-state index < -0.39 is 5.60 Å². The van der Waals surface area contributed by atoms with Gasteiger partial charge in [-0.15, -0.1) is 0 Å². The van der Waals surface area contributed by atoms with E-state index in [9.17, 15) is 9.90 Å². The molecule has 0 radical (unpaired) electrons. The molecule has 158 valence electrons. The predicted octanol–water partition coefficient (Wildman–Crippen LogP) is 3.29. The molecule has 1 aromatic heterocycles. The fourth-order valence-electron chi connectivity index (χ4n) is 2.72. The number of carbonyl (C=O) groups excluding carboxylic acids is 1. The molecule has 1 atom stereocenters. The Morgan fingerprint density at radius 1 is 1.14 bits per heavy atom. The van der Waals surface area contributed by atoms with Crippen LogP contribution in [0.1, 0.15) is 50.7 Å². The lowest BCUT2D eigenvalue weighted by Crippen LogP contribution is -2.44. The van der Waals surface area contributed by atoms with Gasteiger partial charge in [-0.2, -0.15) is 0 Å². The average molecular weight is 401 g/mol. The lowest BCUT2D eigenvalue weighted by molar-refractivity contribution is -0.116. The maximum absolute atomic E-state index is 11.7. The monoisotopic (exact) mass is 400 g/mol. The molecule has 1 aromatic carbocycles. The lowest BCUT2D eigenvalue weighted by atomic mass is 10.0. The van der Waals surface area contributed by atoms with Gasteiger partial charge in [-0.05, 0) is 57.0 Å². The Morgan fingerprint density at radius 2 is 1.86 bits per heavy atom. The highest BCUT2D eigenvalue weighted by atomic mass is 16.4. The number of aliphatic hydroxyl groups is 1. The summed E-state index contributed by atoms with van der Waals surface area (Å²) in [5.41, 5.74) is 0.651. The van der Waals surface area contributed by atoms with Crippen molar-refractivity contribution < 1.29 is 14.3 Å². The van der Waals surface area contributed by atoms with Crippen LogP contribution in [0.2, 0.25) is 0 Å². The minimum atomic E-state index is -1.15. The predicted molar refractivity (Wildman–Crippen MR) is 116 cm³/mol. The first-order valence-electron chi connectivity index (χ1n) is 10.0. The van der Waals surface area contributed by atoms with Crippen molar-refractivity contribution in [3.8, 4) is 0 Å². The fraction of sp³-hybridized carbons (Fsp3) is 0.455. The van der Waals surface area contributed by atoms with Crippen LogP contribution in [0.4, 0.5) is 5.69 Å². The summed E-state index contributed by atoms with van der Waals surface area (Å²) in [5, 5.41) is 19.9. The highest BCUT2D eigenvalue weighted by Gasteiger charge is 2.27. The number of carbonyl (C=O) groups is 1. The number of hydrogen-bond acceptors (Lipinski definition) is 4. The third-order valence-corrected chi connectivity index (χ3v) is 4.35. The highest BCUT2D eigenvalue weighted by molar-refractivity contribution is 5.90. The number of benzene rings is 1. The Labute approximate surface area is 172 Å². The number of aryl methyl sites for hydroxylation is 1. The molecule has 1 amide bonds. The van der Waals surface area contributed by atoms with Crippen molar-refractivity contribution in [2.75, 3.05) is 18.4 Å². The molecule has 2 rings (SSSR count). The van der Waals surface area contributed by atoms with Gasteiger partial charge in [0.1, 0.15) is 17.1 Å². The number of hydrogen-bond donors (Lipinski definition) is 4. The zero-order valence-corrected chi connectivity index (χ0v) is 17.7. The molecule has 0 saturated heterocycles. The van der Waals surface area contributed by atoms with Crippen LogP contribution in [0.25, 0.3) is 0 Å². The van der Waals surface area contributed by atoms with Crippen LogP contribution < -0.4 is 16.0 Å². The molecule has 2 aromatic rings. The van der Waals surface area contributed by atoms with E-state index in [1.165, 1.54) is 0 Å². The Kier molecular flexibility index (Phi) is 8.27. The van der Waals surface area contributed by atoms with Gasteiger partial charge in [-0.25, -0.2) is 4.99 Å². The van der Waals surface area contributed by atoms with E-state index in [-0.39, 0.29) is 12.5 Å². The van der Waals surface area contributed by atoms with Crippen LogP contribution in [-0.2, 0) is 16.9 Å². The Morgan fingerprint density at radius 3 is 2.45 bits per heavy atom. The van der Waals surface area contributed by atoms with Gasteiger partial charge >= 0.3 is 0 Å². The summed E-state index contributed by atoms with van der Waals surface area (Å²) in [6.07, 6.45) is 1.34. The second-order valence-electron chi connectivity index (χ2n) is 7.23. The van der Waals surface area contributed by atoms with Crippen molar-refractivity contribution in [2.24, 2.45) is 4.99 Å². The molecule has 0 spiro atoms. The highest BCUT2D eigenvalue weighted by Crippen LogP contribution is 2.21. The molecule has 7 nitrogen and oxygen atoms in total. The van der Waals surface area contributed by atoms with Crippen molar-refractivity contribution in [3.63, 3.8) is 0 Å². The number of guanidine groups is 1. The standard InChI is InChI=1S/C22H32N4O3/c1-5-7-20(27)26-18-11-9-17(10-12-18)14-24-21(23-6-2)25-15-22(4,28)19-13-8-16(3)29-19/h8-13,28H,5-7,14-15H2,1-4H3,(H,26,27)(H2,23,24,25). The van der Waals surface area contributed by atoms with Gasteiger partial charge in [-0.3, -0.25) is 4.79 Å². The largest absolute Gasteiger partial charge is 0.463 e. The van der Waals surface area contributed by atoms with E-state index in [1.807, 2.05) is 51.1 Å². The molecule has 0 saturated carbocycles. The van der Waals surface area contributed by atoms with Crippen LogP contribution in [0.15, 0.2) is 45.8 Å². The zero-order chi connectivity index (χ0) is 21.3. The van der Waals surface area contributed by atoms with Gasteiger partial charge in [0.2, 0.25) is 5.91 Å². The summed E-state index contributed by atoms with van der Waals surface area (Å²) < 4.78 is 5.54. The van der Waals surface area contributed by atoms with Crippen LogP contribution in [0.5, 0.6) is 0 Å². The molecular weight excluding hydrogens is 368 g/mol. The van der Waals surface area contributed by atoms with Crippen molar-refractivity contribution in [1.29, 1.82) is 0 Å². The maximum Gasteiger partial charge on any atom is 0.224 e. The number of rotatable bonds is 9. The van der Waals surface area contributed by atoms with Crippen LogP contribution in [-0.4, -0.2) is 30.1 Å².